The number of aromatic nitrogens is 2. The summed E-state index contributed by atoms with van der Waals surface area (Å²) in [5.41, 5.74) is 1.98. The van der Waals surface area contributed by atoms with E-state index >= 15 is 0 Å². The highest BCUT2D eigenvalue weighted by molar-refractivity contribution is 14.0. The fourth-order valence-electron chi connectivity index (χ4n) is 4.13. The van der Waals surface area contributed by atoms with Crippen LogP contribution in [-0.2, 0) is 16.6 Å². The van der Waals surface area contributed by atoms with Crippen LogP contribution in [0.15, 0.2) is 47.7 Å². The van der Waals surface area contributed by atoms with Gasteiger partial charge in [0.2, 0.25) is 11.8 Å². The lowest BCUT2D eigenvalue weighted by molar-refractivity contribution is -0.130. The third-order valence-electron chi connectivity index (χ3n) is 5.89. The summed E-state index contributed by atoms with van der Waals surface area (Å²) in [4.78, 5) is 37.5. The quantitative estimate of drug-likeness (QED) is 0.332. The van der Waals surface area contributed by atoms with Gasteiger partial charge in [0.25, 0.3) is 0 Å². The number of rotatable bonds is 4. The van der Waals surface area contributed by atoms with Crippen LogP contribution < -0.4 is 15.1 Å². The number of aliphatic imine (C=N–C) groups is 1. The van der Waals surface area contributed by atoms with E-state index in [9.17, 15) is 9.59 Å². The zero-order valence-electron chi connectivity index (χ0n) is 19.1. The topological polar surface area (TPSA) is 89.3 Å². The fourth-order valence-corrected chi connectivity index (χ4v) is 4.13. The molecule has 3 heterocycles. The molecule has 0 spiro atoms. The molecule has 2 aromatic rings. The van der Waals surface area contributed by atoms with Crippen molar-refractivity contribution in [2.75, 3.05) is 69.2 Å². The van der Waals surface area contributed by atoms with Crippen molar-refractivity contribution in [1.82, 2.24) is 24.9 Å². The van der Waals surface area contributed by atoms with E-state index < -0.39 is 0 Å². The van der Waals surface area contributed by atoms with E-state index in [0.717, 1.165) is 18.8 Å². The van der Waals surface area contributed by atoms with Crippen LogP contribution in [0, 0.1) is 0 Å². The number of carbonyl (C=O) groups excluding carboxylic acids is 2. The number of benzene rings is 1. The molecule has 2 aliphatic rings. The molecule has 0 saturated carbocycles. The van der Waals surface area contributed by atoms with Crippen LogP contribution in [0.3, 0.4) is 0 Å². The Hall–Kier alpha value is -2.83. The van der Waals surface area contributed by atoms with Crippen molar-refractivity contribution < 1.29 is 9.59 Å². The Morgan fingerprint density at radius 1 is 1.03 bits per heavy atom. The maximum Gasteiger partial charge on any atom is 0.246 e. The van der Waals surface area contributed by atoms with Crippen LogP contribution in [0.5, 0.6) is 0 Å². The van der Waals surface area contributed by atoms with Crippen molar-refractivity contribution in [3.8, 4) is 0 Å². The summed E-state index contributed by atoms with van der Waals surface area (Å²) in [5.74, 6) is 0.593. The lowest BCUT2D eigenvalue weighted by Crippen LogP contribution is -2.57. The Balaban J connectivity index is 0.00000306. The smallest absolute Gasteiger partial charge is 0.246 e. The number of guanidine groups is 1. The highest BCUT2D eigenvalue weighted by Gasteiger charge is 2.28. The number of anilines is 2. The first-order valence-electron chi connectivity index (χ1n) is 10.9. The molecule has 0 bridgehead atoms. The van der Waals surface area contributed by atoms with Crippen LogP contribution in [0.25, 0.3) is 0 Å². The molecule has 2 fully saturated rings. The highest BCUT2D eigenvalue weighted by Crippen LogP contribution is 2.17. The summed E-state index contributed by atoms with van der Waals surface area (Å²) in [5, 5.41) is 7.28. The average molecular weight is 566 g/mol. The molecular formula is C22H31IN8O2. The van der Waals surface area contributed by atoms with E-state index in [0.29, 0.717) is 32.1 Å². The van der Waals surface area contributed by atoms with Crippen LogP contribution >= 0.6 is 24.0 Å². The van der Waals surface area contributed by atoms with Crippen LogP contribution in [0.4, 0.5) is 11.4 Å². The van der Waals surface area contributed by atoms with Crippen molar-refractivity contribution >= 4 is 53.1 Å². The predicted molar refractivity (Wildman–Crippen MR) is 139 cm³/mol. The van der Waals surface area contributed by atoms with Crippen molar-refractivity contribution in [2.24, 2.45) is 12.0 Å². The summed E-state index contributed by atoms with van der Waals surface area (Å²) < 4.78 is 1.68. The van der Waals surface area contributed by atoms with E-state index in [1.165, 1.54) is 5.69 Å². The van der Waals surface area contributed by atoms with E-state index in [1.54, 1.807) is 22.8 Å². The number of hydrogen-bond acceptors (Lipinski definition) is 5. The number of piperazine rings is 2. The largest absolute Gasteiger partial charge is 0.368 e. The van der Waals surface area contributed by atoms with Crippen molar-refractivity contribution in [2.45, 2.75) is 0 Å². The van der Waals surface area contributed by atoms with Gasteiger partial charge in [-0.2, -0.15) is 5.10 Å². The maximum absolute atomic E-state index is 12.7. The molecular weight excluding hydrogens is 535 g/mol. The molecule has 1 N–H and O–H groups in total. The Morgan fingerprint density at radius 2 is 1.73 bits per heavy atom. The SMILES string of the molecule is CN=C(NCC(=O)N1CCN(c2ccccc2)CC1)N1CCN(c2cnn(C)c2)C(=O)C1.I. The van der Waals surface area contributed by atoms with Gasteiger partial charge in [-0.05, 0) is 12.1 Å². The second-order valence-corrected chi connectivity index (χ2v) is 7.94. The number of amides is 2. The second kappa shape index (κ2) is 11.3. The summed E-state index contributed by atoms with van der Waals surface area (Å²) in [6.45, 7) is 4.55. The maximum atomic E-state index is 12.7. The van der Waals surface area contributed by atoms with Crippen molar-refractivity contribution in [1.29, 1.82) is 0 Å². The molecule has 0 radical (unpaired) electrons. The summed E-state index contributed by atoms with van der Waals surface area (Å²) in [6, 6.07) is 10.3. The van der Waals surface area contributed by atoms with Gasteiger partial charge in [-0.3, -0.25) is 19.3 Å². The van der Waals surface area contributed by atoms with E-state index in [1.807, 2.05) is 41.2 Å². The minimum atomic E-state index is -0.0180. The third-order valence-corrected chi connectivity index (χ3v) is 5.89. The van der Waals surface area contributed by atoms with Gasteiger partial charge in [0, 0.05) is 65.2 Å². The van der Waals surface area contributed by atoms with Crippen LogP contribution in [-0.4, -0.2) is 96.8 Å². The van der Waals surface area contributed by atoms with Gasteiger partial charge < -0.3 is 24.9 Å². The van der Waals surface area contributed by atoms with E-state index in [2.05, 4.69) is 32.4 Å². The van der Waals surface area contributed by atoms with E-state index in [4.69, 9.17) is 0 Å². The summed E-state index contributed by atoms with van der Waals surface area (Å²) in [7, 11) is 3.50. The Bertz CT molecular complexity index is 972. The number of aryl methyl sites for hydroxylation is 1. The average Bonchev–Trinajstić information content (AvgIpc) is 3.26. The number of carbonyl (C=O) groups is 2. The van der Waals surface area contributed by atoms with Gasteiger partial charge in [-0.15, -0.1) is 24.0 Å². The van der Waals surface area contributed by atoms with Gasteiger partial charge in [-0.25, -0.2) is 0 Å². The molecule has 2 saturated heterocycles. The van der Waals surface area contributed by atoms with Crippen LogP contribution in [0.1, 0.15) is 0 Å². The van der Waals surface area contributed by atoms with Crippen LogP contribution in [0.2, 0.25) is 0 Å². The lowest BCUT2D eigenvalue weighted by atomic mass is 10.2. The first-order valence-corrected chi connectivity index (χ1v) is 10.9. The first-order chi connectivity index (χ1) is 15.5. The standard InChI is InChI=1S/C22H30N8O2.HI/c1-23-22(29-12-13-30(21(32)17-29)19-14-25-26(2)16-19)24-15-20(31)28-10-8-27(9-11-28)18-6-4-3-5-7-18;/h3-7,14,16H,8-13,15,17H2,1-2H3,(H,23,24);1H. The monoisotopic (exact) mass is 566 g/mol. The molecule has 11 heteroatoms. The molecule has 0 aliphatic carbocycles. The zero-order valence-corrected chi connectivity index (χ0v) is 21.4. The zero-order chi connectivity index (χ0) is 22.5. The number of halogens is 1. The fraction of sp³-hybridized carbons (Fsp3) is 0.455. The van der Waals surface area contributed by atoms with E-state index in [-0.39, 0.29) is 48.9 Å². The molecule has 10 nitrogen and oxygen atoms in total. The van der Waals surface area contributed by atoms with Gasteiger partial charge in [0.1, 0.15) is 6.54 Å². The molecule has 2 amide bonds. The summed E-state index contributed by atoms with van der Waals surface area (Å²) in [6.07, 6.45) is 3.52. The van der Waals surface area contributed by atoms with Gasteiger partial charge in [0.05, 0.1) is 18.4 Å². The highest BCUT2D eigenvalue weighted by atomic mass is 127. The molecule has 1 aromatic heterocycles. The minimum Gasteiger partial charge on any atom is -0.368 e. The third kappa shape index (κ3) is 5.95. The second-order valence-electron chi connectivity index (χ2n) is 7.94. The minimum absolute atomic E-state index is 0. The predicted octanol–water partition coefficient (Wildman–Crippen LogP) is 0.611. The Kier molecular flexibility index (Phi) is 8.53. The van der Waals surface area contributed by atoms with Crippen molar-refractivity contribution in [3.63, 3.8) is 0 Å². The van der Waals surface area contributed by atoms with Crippen molar-refractivity contribution in [3.05, 3.63) is 42.7 Å². The summed E-state index contributed by atoms with van der Waals surface area (Å²) >= 11 is 0. The number of nitrogens with zero attached hydrogens (tertiary/aromatic N) is 7. The Labute approximate surface area is 211 Å². The van der Waals surface area contributed by atoms with Gasteiger partial charge in [0.15, 0.2) is 5.96 Å². The Morgan fingerprint density at radius 3 is 2.33 bits per heavy atom. The molecule has 0 unspecified atom stereocenters. The molecule has 1 aromatic carbocycles. The molecule has 0 atom stereocenters. The number of nitrogens with one attached hydrogen (secondary N) is 1. The number of para-hydroxylation sites is 1. The molecule has 33 heavy (non-hydrogen) atoms. The van der Waals surface area contributed by atoms with Gasteiger partial charge in [-0.1, -0.05) is 18.2 Å². The molecule has 2 aliphatic heterocycles. The molecule has 178 valence electrons. The first kappa shape index (κ1) is 24.8. The molecule has 4 rings (SSSR count). The normalized spacial score (nSPS) is 17.2. The van der Waals surface area contributed by atoms with Gasteiger partial charge >= 0.3 is 0 Å². The lowest BCUT2D eigenvalue weighted by Gasteiger charge is -2.37. The number of hydrogen-bond donors (Lipinski definition) is 1.